The van der Waals surface area contributed by atoms with Crippen LogP contribution in [-0.2, 0) is 20.9 Å². The molecule has 0 saturated heterocycles. The summed E-state index contributed by atoms with van der Waals surface area (Å²) in [5, 5.41) is 37.8. The van der Waals surface area contributed by atoms with E-state index in [0.717, 1.165) is 6.92 Å². The highest BCUT2D eigenvalue weighted by atomic mass is 32.3. The molecule has 2 unspecified atom stereocenters. The molecule has 0 rings (SSSR count). The van der Waals surface area contributed by atoms with Gasteiger partial charge in [-0.2, -0.15) is 0 Å². The van der Waals surface area contributed by atoms with Gasteiger partial charge in [-0.05, 0) is 13.3 Å². The normalized spacial score (nSPS) is 21.8. The van der Waals surface area contributed by atoms with Crippen molar-refractivity contribution in [2.75, 3.05) is 5.75 Å². The van der Waals surface area contributed by atoms with Gasteiger partial charge in [0.2, 0.25) is 0 Å². The molecule has 0 heterocycles. The third-order valence-corrected chi connectivity index (χ3v) is 6.70. The minimum absolute atomic E-state index is 0.234. The van der Waals surface area contributed by atoms with E-state index >= 15 is 0 Å². The van der Waals surface area contributed by atoms with Crippen molar-refractivity contribution in [2.45, 2.75) is 55.7 Å². The number of aliphatic hydroxyl groups is 4. The summed E-state index contributed by atoms with van der Waals surface area (Å²) in [5.41, 5.74) is 0. The van der Waals surface area contributed by atoms with Crippen LogP contribution in [-0.4, -0.2) is 72.4 Å². The number of hydrogen-bond acceptors (Lipinski definition) is 7. The van der Waals surface area contributed by atoms with Crippen LogP contribution in [0.5, 0.6) is 0 Å². The molecule has 20 heavy (non-hydrogen) atoms. The van der Waals surface area contributed by atoms with Crippen LogP contribution in [0.4, 0.5) is 0 Å². The fraction of sp³-hybridized carbons (Fsp3) is 1.00. The summed E-state index contributed by atoms with van der Waals surface area (Å²) in [7, 11) is -4.14. The third-order valence-electron chi connectivity index (χ3n) is 2.81. The minimum Gasteiger partial charge on any atom is -0.391 e. The van der Waals surface area contributed by atoms with Gasteiger partial charge < -0.3 is 25.0 Å². The van der Waals surface area contributed by atoms with Crippen molar-refractivity contribution in [3.63, 3.8) is 0 Å². The van der Waals surface area contributed by atoms with Crippen LogP contribution in [0.15, 0.2) is 0 Å². The van der Waals surface area contributed by atoms with E-state index in [1.807, 2.05) is 0 Å². The summed E-state index contributed by atoms with van der Waals surface area (Å²) >= 11 is -2.95. The molecule has 122 valence electrons. The Balaban J connectivity index is 5.24. The average molecular weight is 334 g/mol. The Bertz CT molecular complexity index is 407. The van der Waals surface area contributed by atoms with Crippen LogP contribution in [0, 0.1) is 0 Å². The summed E-state index contributed by atoms with van der Waals surface area (Å²) in [5.74, 6) is -0.422. The lowest BCUT2D eigenvalue weighted by atomic mass is 10.1. The number of sulfone groups is 1. The van der Waals surface area contributed by atoms with Crippen LogP contribution in [0.2, 0.25) is 0 Å². The van der Waals surface area contributed by atoms with Gasteiger partial charge in [0, 0.05) is 0 Å². The zero-order valence-electron chi connectivity index (χ0n) is 11.3. The van der Waals surface area contributed by atoms with Gasteiger partial charge in [0.15, 0.2) is 25.5 Å². The molecule has 0 bridgehead atoms. The first-order valence-electron chi connectivity index (χ1n) is 6.09. The molecule has 0 fully saturated rings. The van der Waals surface area contributed by atoms with Crippen molar-refractivity contribution in [1.82, 2.24) is 0 Å². The molecular formula is C10H22O8S2. The van der Waals surface area contributed by atoms with Crippen molar-refractivity contribution in [3.05, 3.63) is 0 Å². The topological polar surface area (TPSA) is 152 Å². The van der Waals surface area contributed by atoms with Gasteiger partial charge in [0.25, 0.3) is 0 Å². The van der Waals surface area contributed by atoms with E-state index < -0.39 is 55.7 Å². The summed E-state index contributed by atoms with van der Waals surface area (Å²) in [6, 6.07) is 0. The monoisotopic (exact) mass is 334 g/mol. The highest BCUT2D eigenvalue weighted by Gasteiger charge is 2.43. The molecule has 5 N–H and O–H groups in total. The van der Waals surface area contributed by atoms with E-state index in [4.69, 9.17) is 9.66 Å². The second-order valence-electron chi connectivity index (χ2n) is 4.58. The molecule has 0 saturated carbocycles. The van der Waals surface area contributed by atoms with E-state index in [-0.39, 0.29) is 6.42 Å². The highest BCUT2D eigenvalue weighted by molar-refractivity contribution is 8.04. The van der Waals surface area contributed by atoms with Gasteiger partial charge in [-0.1, -0.05) is 13.3 Å². The number of rotatable bonds is 9. The minimum atomic E-state index is -4.14. The quantitative estimate of drug-likeness (QED) is 0.310. The fourth-order valence-electron chi connectivity index (χ4n) is 1.57. The largest absolute Gasteiger partial charge is 0.391 e. The lowest BCUT2D eigenvalue weighted by Gasteiger charge is -2.28. The summed E-state index contributed by atoms with van der Waals surface area (Å²) < 4.78 is 41.9. The number of aliphatic hydroxyl groups excluding tert-OH is 4. The molecule has 0 radical (unpaired) electrons. The van der Waals surface area contributed by atoms with E-state index in [2.05, 4.69) is 0 Å². The van der Waals surface area contributed by atoms with Crippen molar-refractivity contribution < 1.29 is 37.6 Å². The van der Waals surface area contributed by atoms with Crippen LogP contribution < -0.4 is 0 Å². The number of unbranched alkanes of at least 4 members (excludes halogenated alkanes) is 1. The van der Waals surface area contributed by atoms with E-state index in [0.29, 0.717) is 6.42 Å². The van der Waals surface area contributed by atoms with Crippen LogP contribution >= 0.6 is 0 Å². The SMILES string of the molecule is CCCCS(=O)(=O)C([C@H](O)[C@H](O)[C@@H](O)[C@H](C)O)S(=O)O. The Morgan fingerprint density at radius 3 is 1.90 bits per heavy atom. The van der Waals surface area contributed by atoms with Crippen LogP contribution in [0.1, 0.15) is 26.7 Å². The van der Waals surface area contributed by atoms with Crippen LogP contribution in [0.25, 0.3) is 0 Å². The summed E-state index contributed by atoms with van der Waals surface area (Å²) in [6.45, 7) is 2.85. The smallest absolute Gasteiger partial charge is 0.190 e. The molecule has 10 heteroatoms. The Kier molecular flexibility index (Phi) is 8.33. The van der Waals surface area contributed by atoms with Gasteiger partial charge in [-0.3, -0.25) is 0 Å². The van der Waals surface area contributed by atoms with Crippen molar-refractivity contribution >= 4 is 20.9 Å². The van der Waals surface area contributed by atoms with Gasteiger partial charge >= 0.3 is 0 Å². The Morgan fingerprint density at radius 1 is 1.05 bits per heavy atom. The fourth-order valence-corrected chi connectivity index (χ4v) is 4.77. The first-order valence-corrected chi connectivity index (χ1v) is 8.98. The zero-order valence-corrected chi connectivity index (χ0v) is 12.9. The molecule has 0 amide bonds. The molecule has 0 aromatic carbocycles. The maximum atomic E-state index is 11.9. The Hall–Kier alpha value is -0.100. The standard InChI is InChI=1S/C10H22O8S2/c1-3-4-5-20(17,18)10(19(15)16)9(14)8(13)7(12)6(2)11/h6-14H,3-5H2,1-2H3,(H,15,16)/t6-,7-,8+,9+,10?/m0/s1. The maximum Gasteiger partial charge on any atom is 0.190 e. The van der Waals surface area contributed by atoms with E-state index in [1.54, 1.807) is 6.92 Å². The van der Waals surface area contributed by atoms with Gasteiger partial charge in [-0.25, -0.2) is 12.6 Å². The molecule has 0 aliphatic carbocycles. The third kappa shape index (κ3) is 5.35. The highest BCUT2D eigenvalue weighted by Crippen LogP contribution is 2.18. The molecule has 0 aromatic heterocycles. The summed E-state index contributed by atoms with van der Waals surface area (Å²) in [6.07, 6.45) is -6.76. The number of hydrogen-bond donors (Lipinski definition) is 5. The molecule has 0 spiro atoms. The molecule has 6 atom stereocenters. The first-order chi connectivity index (χ1) is 9.06. The van der Waals surface area contributed by atoms with Crippen molar-refractivity contribution in [1.29, 1.82) is 0 Å². The lowest BCUT2D eigenvalue weighted by molar-refractivity contribution is -0.0961. The average Bonchev–Trinajstić information content (AvgIpc) is 2.33. The van der Waals surface area contributed by atoms with E-state index in [1.165, 1.54) is 0 Å². The lowest BCUT2D eigenvalue weighted by Crippen LogP contribution is -2.52. The molecular weight excluding hydrogens is 312 g/mol. The van der Waals surface area contributed by atoms with Gasteiger partial charge in [0.05, 0.1) is 11.9 Å². The predicted molar refractivity (Wildman–Crippen MR) is 73.0 cm³/mol. The van der Waals surface area contributed by atoms with Gasteiger partial charge in [-0.15, -0.1) is 0 Å². The van der Waals surface area contributed by atoms with Crippen molar-refractivity contribution in [2.24, 2.45) is 0 Å². The van der Waals surface area contributed by atoms with E-state index in [9.17, 15) is 27.9 Å². The molecule has 0 aliphatic heterocycles. The maximum absolute atomic E-state index is 11.9. The predicted octanol–water partition coefficient (Wildman–Crippen LogP) is -1.79. The Labute approximate surface area is 120 Å². The molecule has 0 aromatic rings. The second-order valence-corrected chi connectivity index (χ2v) is 8.18. The summed E-state index contributed by atoms with van der Waals surface area (Å²) in [4.78, 5) is 0. The second kappa shape index (κ2) is 8.37. The zero-order chi connectivity index (χ0) is 16.1. The molecule has 0 aliphatic rings. The van der Waals surface area contributed by atoms with Crippen LogP contribution in [0.3, 0.4) is 0 Å². The first kappa shape index (κ1) is 19.9. The molecule has 8 nitrogen and oxygen atoms in total. The van der Waals surface area contributed by atoms with Crippen molar-refractivity contribution in [3.8, 4) is 0 Å². The Morgan fingerprint density at radius 2 is 1.55 bits per heavy atom. The van der Waals surface area contributed by atoms with Gasteiger partial charge in [0.1, 0.15) is 18.3 Å².